The molecule has 1 N–H and O–H groups in total. The Labute approximate surface area is 134 Å². The van der Waals surface area contributed by atoms with Crippen LogP contribution in [0, 0.1) is 13.8 Å². The van der Waals surface area contributed by atoms with Crippen molar-refractivity contribution in [2.24, 2.45) is 0 Å². The number of esters is 1. The van der Waals surface area contributed by atoms with Crippen LogP contribution >= 0.6 is 0 Å². The lowest BCUT2D eigenvalue weighted by Crippen LogP contribution is -2.38. The topological polar surface area (TPSA) is 86.6 Å². The van der Waals surface area contributed by atoms with Gasteiger partial charge in [-0.15, -0.1) is 0 Å². The number of carbonyl (C=O) groups is 2. The maximum absolute atomic E-state index is 12.7. The number of hydrogen-bond donors (Lipinski definition) is 1. The van der Waals surface area contributed by atoms with E-state index < -0.39 is 11.9 Å². The number of nitrogens with zero attached hydrogens (tertiary/aromatic N) is 1. The molecule has 0 saturated carbocycles. The molecule has 1 aliphatic rings. The maximum Gasteiger partial charge on any atom is 0.325 e. The number of rotatable bonds is 5. The van der Waals surface area contributed by atoms with E-state index in [-0.39, 0.29) is 23.8 Å². The minimum atomic E-state index is -0.570. The second kappa shape index (κ2) is 7.41. The van der Waals surface area contributed by atoms with Crippen LogP contribution in [0.3, 0.4) is 0 Å². The molecule has 1 unspecified atom stereocenters. The maximum atomic E-state index is 12.7. The molecule has 7 heteroatoms. The molecule has 1 aliphatic heterocycles. The molecule has 0 radical (unpaired) electrons. The molecule has 1 aromatic heterocycles. The van der Waals surface area contributed by atoms with E-state index in [4.69, 9.17) is 4.74 Å². The molecule has 1 fully saturated rings. The van der Waals surface area contributed by atoms with Crippen molar-refractivity contribution in [1.82, 2.24) is 9.88 Å². The largest absolute Gasteiger partial charge is 0.468 e. The SMILES string of the molecule is COC(=O)CNC(=O)c1c(C)cc(C)n(CC2CCCO2)c1=O. The first-order valence-electron chi connectivity index (χ1n) is 7.61. The van der Waals surface area contributed by atoms with Crippen molar-refractivity contribution < 1.29 is 19.1 Å². The first kappa shape index (κ1) is 17.2. The molecule has 126 valence electrons. The normalized spacial score (nSPS) is 17.1. The van der Waals surface area contributed by atoms with Gasteiger partial charge in [-0.3, -0.25) is 14.4 Å². The second-order valence-electron chi connectivity index (χ2n) is 5.65. The van der Waals surface area contributed by atoms with E-state index in [1.807, 2.05) is 6.92 Å². The molecular weight excluding hydrogens is 300 g/mol. The highest BCUT2D eigenvalue weighted by atomic mass is 16.5. The third kappa shape index (κ3) is 3.98. The number of ether oxygens (including phenoxy) is 2. The van der Waals surface area contributed by atoms with E-state index in [2.05, 4.69) is 10.1 Å². The van der Waals surface area contributed by atoms with Gasteiger partial charge in [-0.2, -0.15) is 0 Å². The van der Waals surface area contributed by atoms with Crippen molar-refractivity contribution >= 4 is 11.9 Å². The molecule has 23 heavy (non-hydrogen) atoms. The van der Waals surface area contributed by atoms with Crippen LogP contribution in [-0.2, 0) is 20.8 Å². The van der Waals surface area contributed by atoms with Gasteiger partial charge in [0.25, 0.3) is 11.5 Å². The molecule has 0 aliphatic carbocycles. The molecule has 1 amide bonds. The summed E-state index contributed by atoms with van der Waals surface area (Å²) in [5.41, 5.74) is 1.06. The number of carbonyl (C=O) groups excluding carboxylic acids is 2. The molecule has 1 saturated heterocycles. The van der Waals surface area contributed by atoms with Gasteiger partial charge in [-0.1, -0.05) is 0 Å². The average molecular weight is 322 g/mol. The minimum absolute atomic E-state index is 0.0000801. The Morgan fingerprint density at radius 1 is 1.43 bits per heavy atom. The third-order valence-electron chi connectivity index (χ3n) is 3.96. The summed E-state index contributed by atoms with van der Waals surface area (Å²) in [7, 11) is 1.24. The van der Waals surface area contributed by atoms with Gasteiger partial charge < -0.3 is 19.4 Å². The van der Waals surface area contributed by atoms with Crippen LogP contribution in [0.4, 0.5) is 0 Å². The van der Waals surface area contributed by atoms with Gasteiger partial charge in [0.2, 0.25) is 0 Å². The quantitative estimate of drug-likeness (QED) is 0.800. The molecule has 2 heterocycles. The zero-order chi connectivity index (χ0) is 17.0. The molecular formula is C16H22N2O5. The summed E-state index contributed by atoms with van der Waals surface area (Å²) in [6.07, 6.45) is 1.89. The summed E-state index contributed by atoms with van der Waals surface area (Å²) in [6.45, 7) is 4.41. The fraction of sp³-hybridized carbons (Fsp3) is 0.562. The van der Waals surface area contributed by atoms with E-state index in [1.165, 1.54) is 7.11 Å². The Morgan fingerprint density at radius 2 is 2.17 bits per heavy atom. The number of pyridine rings is 1. The number of methoxy groups -OCH3 is 1. The van der Waals surface area contributed by atoms with Crippen molar-refractivity contribution in [1.29, 1.82) is 0 Å². The van der Waals surface area contributed by atoms with Gasteiger partial charge in [0, 0.05) is 12.3 Å². The molecule has 7 nitrogen and oxygen atoms in total. The Kier molecular flexibility index (Phi) is 5.54. The average Bonchev–Trinajstić information content (AvgIpc) is 3.01. The monoisotopic (exact) mass is 322 g/mol. The molecule has 1 aromatic rings. The van der Waals surface area contributed by atoms with Crippen molar-refractivity contribution in [3.05, 3.63) is 33.2 Å². The third-order valence-corrected chi connectivity index (χ3v) is 3.96. The minimum Gasteiger partial charge on any atom is -0.468 e. The standard InChI is InChI=1S/C16H22N2O5/c1-10-7-11(2)18(9-12-5-4-6-23-12)16(21)14(10)15(20)17-8-13(19)22-3/h7,12H,4-6,8-9H2,1-3H3,(H,17,20). The van der Waals surface area contributed by atoms with E-state index in [0.29, 0.717) is 18.7 Å². The highest BCUT2D eigenvalue weighted by Crippen LogP contribution is 2.15. The van der Waals surface area contributed by atoms with Crippen LogP contribution in [0.15, 0.2) is 10.9 Å². The number of hydrogen-bond acceptors (Lipinski definition) is 5. The van der Waals surface area contributed by atoms with E-state index in [9.17, 15) is 14.4 Å². The van der Waals surface area contributed by atoms with Crippen molar-refractivity contribution in [2.45, 2.75) is 39.3 Å². The van der Waals surface area contributed by atoms with Gasteiger partial charge in [0.05, 0.1) is 19.8 Å². The number of amides is 1. The van der Waals surface area contributed by atoms with Gasteiger partial charge in [0.15, 0.2) is 0 Å². The Balaban J connectivity index is 2.26. The van der Waals surface area contributed by atoms with Crippen LogP contribution in [0.25, 0.3) is 0 Å². The summed E-state index contributed by atoms with van der Waals surface area (Å²) < 4.78 is 11.6. The predicted molar refractivity (Wildman–Crippen MR) is 83.5 cm³/mol. The number of aryl methyl sites for hydroxylation is 2. The lowest BCUT2D eigenvalue weighted by Gasteiger charge is -2.17. The molecule has 2 rings (SSSR count). The fourth-order valence-electron chi connectivity index (χ4n) is 2.74. The van der Waals surface area contributed by atoms with Crippen LogP contribution in [0.2, 0.25) is 0 Å². The molecule has 0 bridgehead atoms. The van der Waals surface area contributed by atoms with Gasteiger partial charge in [-0.25, -0.2) is 0 Å². The Hall–Kier alpha value is -2.15. The first-order valence-corrected chi connectivity index (χ1v) is 7.61. The van der Waals surface area contributed by atoms with Crippen LogP contribution < -0.4 is 10.9 Å². The van der Waals surface area contributed by atoms with Crippen molar-refractivity contribution in [3.8, 4) is 0 Å². The smallest absolute Gasteiger partial charge is 0.325 e. The number of aromatic nitrogens is 1. The summed E-state index contributed by atoms with van der Waals surface area (Å²) in [5, 5.41) is 2.41. The van der Waals surface area contributed by atoms with E-state index in [0.717, 1.165) is 18.5 Å². The predicted octanol–water partition coefficient (Wildman–Crippen LogP) is 0.547. The van der Waals surface area contributed by atoms with Crippen LogP contribution in [-0.4, -0.2) is 42.8 Å². The van der Waals surface area contributed by atoms with E-state index >= 15 is 0 Å². The summed E-state index contributed by atoms with van der Waals surface area (Å²) in [5.74, 6) is -1.14. The summed E-state index contributed by atoms with van der Waals surface area (Å²) in [4.78, 5) is 36.1. The summed E-state index contributed by atoms with van der Waals surface area (Å²) in [6, 6.07) is 1.80. The first-order chi connectivity index (χ1) is 10.9. The Bertz CT molecular complexity index is 659. The van der Waals surface area contributed by atoms with Crippen LogP contribution in [0.5, 0.6) is 0 Å². The zero-order valence-corrected chi connectivity index (χ0v) is 13.7. The van der Waals surface area contributed by atoms with Crippen molar-refractivity contribution in [3.63, 3.8) is 0 Å². The zero-order valence-electron chi connectivity index (χ0n) is 13.7. The van der Waals surface area contributed by atoms with Gasteiger partial charge in [0.1, 0.15) is 12.1 Å². The lowest BCUT2D eigenvalue weighted by molar-refractivity contribution is -0.139. The van der Waals surface area contributed by atoms with Crippen LogP contribution in [0.1, 0.15) is 34.5 Å². The fourth-order valence-corrected chi connectivity index (χ4v) is 2.74. The van der Waals surface area contributed by atoms with Gasteiger partial charge >= 0.3 is 5.97 Å². The van der Waals surface area contributed by atoms with E-state index in [1.54, 1.807) is 17.6 Å². The highest BCUT2D eigenvalue weighted by Gasteiger charge is 2.22. The second-order valence-corrected chi connectivity index (χ2v) is 5.65. The Morgan fingerprint density at radius 3 is 2.78 bits per heavy atom. The highest BCUT2D eigenvalue weighted by molar-refractivity contribution is 5.96. The molecule has 0 aromatic carbocycles. The molecule has 0 spiro atoms. The number of nitrogens with one attached hydrogen (secondary N) is 1. The lowest BCUT2D eigenvalue weighted by atomic mass is 10.1. The molecule has 1 atom stereocenters. The summed E-state index contributed by atoms with van der Waals surface area (Å²) >= 11 is 0. The van der Waals surface area contributed by atoms with Gasteiger partial charge in [-0.05, 0) is 38.3 Å². The van der Waals surface area contributed by atoms with Crippen molar-refractivity contribution in [2.75, 3.05) is 20.3 Å².